The summed E-state index contributed by atoms with van der Waals surface area (Å²) in [7, 11) is 1.58. The molecule has 0 bridgehead atoms. The highest BCUT2D eigenvalue weighted by Gasteiger charge is 2.11. The van der Waals surface area contributed by atoms with Crippen LogP contribution in [-0.4, -0.2) is 14.9 Å². The molecule has 0 aliphatic carbocycles. The number of para-hydroxylation sites is 1. The average Bonchev–Trinajstić information content (AvgIpc) is 2.31. The lowest BCUT2D eigenvalue weighted by molar-refractivity contribution is -0.117. The van der Waals surface area contributed by atoms with Crippen LogP contribution in [0.4, 0.5) is 0 Å². The Bertz CT molecular complexity index is 710. The Morgan fingerprint density at radius 2 is 1.88 bits per heavy atom. The van der Waals surface area contributed by atoms with E-state index in [1.807, 2.05) is 0 Å². The van der Waals surface area contributed by atoms with Crippen molar-refractivity contribution in [2.24, 2.45) is 7.05 Å². The monoisotopic (exact) mass is 232 g/mol. The molecule has 88 valence electrons. The summed E-state index contributed by atoms with van der Waals surface area (Å²) in [5.74, 6) is -0.223. The van der Waals surface area contributed by atoms with Gasteiger partial charge in [0.25, 0.3) is 5.56 Å². The normalized spacial score (nSPS) is 10.7. The number of Topliss-reactive ketones (excluding diaryl/α,β-unsaturated/α-hetero) is 1. The van der Waals surface area contributed by atoms with Crippen LogP contribution in [0.3, 0.4) is 0 Å². The van der Waals surface area contributed by atoms with E-state index in [4.69, 9.17) is 0 Å². The Hall–Kier alpha value is -2.17. The van der Waals surface area contributed by atoms with Gasteiger partial charge in [0, 0.05) is 7.05 Å². The molecule has 0 aliphatic heterocycles. The highest BCUT2D eigenvalue weighted by Crippen LogP contribution is 2.05. The molecule has 0 unspecified atom stereocenters. The Kier molecular flexibility index (Phi) is 2.67. The Balaban J connectivity index is 2.92. The minimum absolute atomic E-state index is 0.184. The maximum atomic E-state index is 12.0. The van der Waals surface area contributed by atoms with Crippen LogP contribution in [-0.2, 0) is 18.4 Å². The lowest BCUT2D eigenvalue weighted by atomic mass is 10.2. The molecule has 0 N–H and O–H groups in total. The number of fused-ring (bicyclic) bond motifs is 1. The van der Waals surface area contributed by atoms with Crippen LogP contribution in [0, 0.1) is 0 Å². The molecule has 0 atom stereocenters. The van der Waals surface area contributed by atoms with Crippen molar-refractivity contribution in [1.29, 1.82) is 0 Å². The first-order chi connectivity index (χ1) is 8.02. The maximum Gasteiger partial charge on any atom is 0.331 e. The maximum absolute atomic E-state index is 12.0. The van der Waals surface area contributed by atoms with Crippen LogP contribution in [0.25, 0.3) is 10.9 Å². The van der Waals surface area contributed by atoms with Crippen molar-refractivity contribution in [3.63, 3.8) is 0 Å². The van der Waals surface area contributed by atoms with Gasteiger partial charge in [0.1, 0.15) is 5.78 Å². The number of benzene rings is 1. The van der Waals surface area contributed by atoms with Crippen molar-refractivity contribution < 1.29 is 4.79 Å². The molecular formula is C12H12N2O3. The standard InChI is InChI=1S/C12H12N2O3/c1-8(15)7-14-11(16)9-5-3-4-6-10(9)13(2)12(14)17/h3-6H,7H2,1-2H3. The summed E-state index contributed by atoms with van der Waals surface area (Å²) in [6, 6.07) is 6.84. The third-order valence-electron chi connectivity index (χ3n) is 2.64. The summed E-state index contributed by atoms with van der Waals surface area (Å²) in [5.41, 5.74) is -0.315. The van der Waals surface area contributed by atoms with Crippen molar-refractivity contribution in [2.45, 2.75) is 13.5 Å². The zero-order chi connectivity index (χ0) is 12.6. The van der Waals surface area contributed by atoms with Crippen LogP contribution in [0.5, 0.6) is 0 Å². The largest absolute Gasteiger partial charge is 0.331 e. The van der Waals surface area contributed by atoms with E-state index in [0.717, 1.165) is 4.57 Å². The lowest BCUT2D eigenvalue weighted by Crippen LogP contribution is -2.40. The summed E-state index contributed by atoms with van der Waals surface area (Å²) in [6.45, 7) is 1.16. The van der Waals surface area contributed by atoms with Crippen molar-refractivity contribution >= 4 is 16.7 Å². The number of hydrogen-bond donors (Lipinski definition) is 0. The second-order valence-electron chi connectivity index (χ2n) is 3.95. The zero-order valence-electron chi connectivity index (χ0n) is 9.64. The van der Waals surface area contributed by atoms with Gasteiger partial charge in [0.15, 0.2) is 0 Å². The number of rotatable bonds is 2. The van der Waals surface area contributed by atoms with Crippen LogP contribution in [0.15, 0.2) is 33.9 Å². The fourth-order valence-corrected chi connectivity index (χ4v) is 1.83. The molecule has 17 heavy (non-hydrogen) atoms. The van der Waals surface area contributed by atoms with Gasteiger partial charge >= 0.3 is 5.69 Å². The number of aryl methyl sites for hydroxylation is 1. The van der Waals surface area contributed by atoms with Crippen LogP contribution in [0.2, 0.25) is 0 Å². The van der Waals surface area contributed by atoms with Crippen molar-refractivity contribution in [2.75, 3.05) is 0 Å². The SMILES string of the molecule is CC(=O)Cn1c(=O)c2ccccc2n(C)c1=O. The van der Waals surface area contributed by atoms with Gasteiger partial charge in [-0.25, -0.2) is 4.79 Å². The van der Waals surface area contributed by atoms with E-state index in [1.54, 1.807) is 31.3 Å². The van der Waals surface area contributed by atoms with Gasteiger partial charge in [-0.05, 0) is 19.1 Å². The summed E-state index contributed by atoms with van der Waals surface area (Å²) in [5, 5.41) is 0.441. The first kappa shape index (κ1) is 11.3. The molecule has 5 heteroatoms. The number of hydrogen-bond acceptors (Lipinski definition) is 3. The molecular weight excluding hydrogens is 220 g/mol. The zero-order valence-corrected chi connectivity index (χ0v) is 9.64. The van der Waals surface area contributed by atoms with Crippen LogP contribution in [0.1, 0.15) is 6.92 Å². The Labute approximate surface area is 96.9 Å². The molecule has 0 radical (unpaired) electrons. The van der Waals surface area contributed by atoms with E-state index in [9.17, 15) is 14.4 Å². The van der Waals surface area contributed by atoms with Crippen LogP contribution < -0.4 is 11.2 Å². The summed E-state index contributed by atoms with van der Waals surface area (Å²) >= 11 is 0. The average molecular weight is 232 g/mol. The first-order valence-electron chi connectivity index (χ1n) is 5.20. The first-order valence-corrected chi connectivity index (χ1v) is 5.20. The molecule has 0 saturated heterocycles. The van der Waals surface area contributed by atoms with Gasteiger partial charge in [-0.15, -0.1) is 0 Å². The third-order valence-corrected chi connectivity index (χ3v) is 2.64. The molecule has 0 amide bonds. The molecule has 5 nitrogen and oxygen atoms in total. The van der Waals surface area contributed by atoms with Gasteiger partial charge in [0.2, 0.25) is 0 Å². The van der Waals surface area contributed by atoms with Gasteiger partial charge < -0.3 is 0 Å². The summed E-state index contributed by atoms with van der Waals surface area (Å²) in [4.78, 5) is 35.0. The topological polar surface area (TPSA) is 61.1 Å². The van der Waals surface area contributed by atoms with Crippen molar-refractivity contribution in [3.8, 4) is 0 Å². The van der Waals surface area contributed by atoms with Crippen molar-refractivity contribution in [1.82, 2.24) is 9.13 Å². The van der Waals surface area contributed by atoms with Gasteiger partial charge in [-0.3, -0.25) is 18.7 Å². The number of carbonyl (C=O) groups is 1. The highest BCUT2D eigenvalue weighted by molar-refractivity contribution is 5.79. The fraction of sp³-hybridized carbons (Fsp3) is 0.250. The highest BCUT2D eigenvalue weighted by atomic mass is 16.2. The second kappa shape index (κ2) is 4.01. The molecule has 1 aromatic heterocycles. The third kappa shape index (κ3) is 1.80. The van der Waals surface area contributed by atoms with Gasteiger partial charge in [-0.1, -0.05) is 12.1 Å². The number of aromatic nitrogens is 2. The van der Waals surface area contributed by atoms with E-state index >= 15 is 0 Å². The molecule has 0 spiro atoms. The van der Waals surface area contributed by atoms with Crippen molar-refractivity contribution in [3.05, 3.63) is 45.1 Å². The lowest BCUT2D eigenvalue weighted by Gasteiger charge is -2.08. The molecule has 0 fully saturated rings. The quantitative estimate of drug-likeness (QED) is 0.747. The molecule has 2 aromatic rings. The minimum atomic E-state index is -0.469. The molecule has 0 saturated carbocycles. The summed E-state index contributed by atoms with van der Waals surface area (Å²) in [6.07, 6.45) is 0. The van der Waals surface area contributed by atoms with Gasteiger partial charge in [0.05, 0.1) is 17.4 Å². The summed E-state index contributed by atoms with van der Waals surface area (Å²) < 4.78 is 2.34. The van der Waals surface area contributed by atoms with E-state index in [0.29, 0.717) is 10.9 Å². The molecule has 2 rings (SSSR count). The van der Waals surface area contributed by atoms with E-state index in [2.05, 4.69) is 0 Å². The number of nitrogens with zero attached hydrogens (tertiary/aromatic N) is 2. The Morgan fingerprint density at radius 3 is 2.53 bits per heavy atom. The molecule has 0 aliphatic rings. The van der Waals surface area contributed by atoms with E-state index in [-0.39, 0.29) is 12.3 Å². The van der Waals surface area contributed by atoms with E-state index in [1.165, 1.54) is 11.5 Å². The smallest absolute Gasteiger partial charge is 0.298 e. The second-order valence-corrected chi connectivity index (χ2v) is 3.95. The fourth-order valence-electron chi connectivity index (χ4n) is 1.83. The van der Waals surface area contributed by atoms with Crippen LogP contribution >= 0.6 is 0 Å². The molecule has 1 aromatic carbocycles. The predicted octanol–water partition coefficient (Wildman–Crippen LogP) is 0.289. The molecule has 1 heterocycles. The minimum Gasteiger partial charge on any atom is -0.298 e. The number of carbonyl (C=O) groups excluding carboxylic acids is 1. The number of ketones is 1. The Morgan fingerprint density at radius 1 is 1.24 bits per heavy atom. The van der Waals surface area contributed by atoms with Gasteiger partial charge in [-0.2, -0.15) is 0 Å². The van der Waals surface area contributed by atoms with E-state index < -0.39 is 11.2 Å². The predicted molar refractivity (Wildman–Crippen MR) is 64.1 cm³/mol.